The second-order valence-corrected chi connectivity index (χ2v) is 6.13. The Balaban J connectivity index is 2.13. The summed E-state index contributed by atoms with van der Waals surface area (Å²) in [4.78, 5) is 20.1. The van der Waals surface area contributed by atoms with E-state index in [4.69, 9.17) is 10.5 Å². The molecule has 2 aromatic rings. The van der Waals surface area contributed by atoms with Crippen molar-refractivity contribution in [2.24, 2.45) is 0 Å². The average molecular weight is 377 g/mol. The molecule has 4 atom stereocenters. The topological polar surface area (TPSA) is 128 Å². The van der Waals surface area contributed by atoms with Gasteiger partial charge in [0, 0.05) is 6.42 Å². The molecular formula is C14H18F3N5O4. The molecule has 0 bridgehead atoms. The number of aliphatic hydroxyl groups is 2. The van der Waals surface area contributed by atoms with Gasteiger partial charge in [-0.3, -0.25) is 4.57 Å². The van der Waals surface area contributed by atoms with E-state index in [-0.39, 0.29) is 23.5 Å². The van der Waals surface area contributed by atoms with Gasteiger partial charge in [0.15, 0.2) is 11.9 Å². The van der Waals surface area contributed by atoms with Crippen molar-refractivity contribution in [1.29, 1.82) is 0 Å². The lowest BCUT2D eigenvalue weighted by Crippen LogP contribution is -2.34. The Hall–Kier alpha value is -2.18. The van der Waals surface area contributed by atoms with Gasteiger partial charge in [-0.2, -0.15) is 18.2 Å². The van der Waals surface area contributed by atoms with Gasteiger partial charge in [0.05, 0.1) is 18.4 Å². The fraction of sp³-hybridized carbons (Fsp3) is 0.643. The van der Waals surface area contributed by atoms with E-state index in [1.165, 1.54) is 0 Å². The van der Waals surface area contributed by atoms with Crippen LogP contribution in [0.2, 0.25) is 0 Å². The summed E-state index contributed by atoms with van der Waals surface area (Å²) < 4.78 is 45.4. The molecule has 1 saturated heterocycles. The molecule has 0 saturated carbocycles. The van der Waals surface area contributed by atoms with Gasteiger partial charge in [-0.15, -0.1) is 0 Å². The summed E-state index contributed by atoms with van der Waals surface area (Å²) in [6, 6.07) is 0. The van der Waals surface area contributed by atoms with Crippen LogP contribution >= 0.6 is 0 Å². The van der Waals surface area contributed by atoms with Crippen molar-refractivity contribution >= 4 is 17.1 Å². The second-order valence-electron chi connectivity index (χ2n) is 6.13. The van der Waals surface area contributed by atoms with Gasteiger partial charge in [0.2, 0.25) is 5.95 Å². The molecule has 3 rings (SSSR count). The number of halogens is 3. The van der Waals surface area contributed by atoms with Crippen LogP contribution in [0.4, 0.5) is 19.1 Å². The summed E-state index contributed by atoms with van der Waals surface area (Å²) in [7, 11) is 0. The standard InChI is InChI=1S/C14H18F3N5O4/c1-2-7(23)9-3-8(24)11(26-9)22-10-6(4-19-12(18)20-10)21(13(22)25)5-14(15,16)17/h4,7-9,11,23-24H,2-3,5H2,1H3,(H2,18,19,20)/t7?,8-,9+,11-/m1/s1. The zero-order valence-electron chi connectivity index (χ0n) is 13.7. The number of alkyl halides is 3. The summed E-state index contributed by atoms with van der Waals surface area (Å²) >= 11 is 0. The van der Waals surface area contributed by atoms with Gasteiger partial charge in [0.25, 0.3) is 0 Å². The Morgan fingerprint density at radius 1 is 1.50 bits per heavy atom. The van der Waals surface area contributed by atoms with Crippen LogP contribution in [-0.2, 0) is 11.3 Å². The summed E-state index contributed by atoms with van der Waals surface area (Å²) in [5.41, 5.74) is 4.07. The van der Waals surface area contributed by atoms with Crippen LogP contribution in [0.1, 0.15) is 26.0 Å². The molecule has 2 aromatic heterocycles. The lowest BCUT2D eigenvalue weighted by Gasteiger charge is -2.18. The SMILES string of the molecule is CCC(O)[C@@H]1C[C@@H](O)[C@H](n2c(=O)n(CC(F)(F)F)c3cnc(N)nc32)O1. The van der Waals surface area contributed by atoms with Gasteiger partial charge >= 0.3 is 11.9 Å². The first-order valence-corrected chi connectivity index (χ1v) is 7.94. The van der Waals surface area contributed by atoms with Crippen molar-refractivity contribution in [3.63, 3.8) is 0 Å². The molecule has 0 aliphatic carbocycles. The van der Waals surface area contributed by atoms with Gasteiger partial charge in [-0.25, -0.2) is 14.3 Å². The number of hydrogen-bond acceptors (Lipinski definition) is 7. The molecule has 1 aliphatic heterocycles. The quantitative estimate of drug-likeness (QED) is 0.692. The van der Waals surface area contributed by atoms with Crippen LogP contribution in [0.5, 0.6) is 0 Å². The average Bonchev–Trinajstić information content (AvgIpc) is 3.04. The molecule has 0 aromatic carbocycles. The van der Waals surface area contributed by atoms with E-state index in [1.54, 1.807) is 6.92 Å². The van der Waals surface area contributed by atoms with Crippen molar-refractivity contribution in [2.75, 3.05) is 5.73 Å². The van der Waals surface area contributed by atoms with Crippen molar-refractivity contribution in [3.8, 4) is 0 Å². The first-order chi connectivity index (χ1) is 12.1. The predicted molar refractivity (Wildman–Crippen MR) is 83.1 cm³/mol. The molecule has 0 spiro atoms. The minimum Gasteiger partial charge on any atom is -0.390 e. The summed E-state index contributed by atoms with van der Waals surface area (Å²) in [5.74, 6) is -0.243. The summed E-state index contributed by atoms with van der Waals surface area (Å²) in [6.45, 7) is 0.162. The number of anilines is 1. The van der Waals surface area contributed by atoms with E-state index in [2.05, 4.69) is 9.97 Å². The number of fused-ring (bicyclic) bond motifs is 1. The predicted octanol–water partition coefficient (Wildman–Crippen LogP) is 0.157. The highest BCUT2D eigenvalue weighted by molar-refractivity contribution is 5.72. The molecule has 144 valence electrons. The maximum atomic E-state index is 12.9. The fourth-order valence-corrected chi connectivity index (χ4v) is 3.06. The Bertz CT molecular complexity index is 865. The molecule has 0 amide bonds. The lowest BCUT2D eigenvalue weighted by molar-refractivity contribution is -0.140. The number of aromatic nitrogens is 4. The van der Waals surface area contributed by atoms with E-state index in [9.17, 15) is 28.2 Å². The molecule has 4 N–H and O–H groups in total. The van der Waals surface area contributed by atoms with Crippen LogP contribution in [0, 0.1) is 0 Å². The van der Waals surface area contributed by atoms with Crippen LogP contribution < -0.4 is 11.4 Å². The highest BCUT2D eigenvalue weighted by atomic mass is 19.4. The van der Waals surface area contributed by atoms with Gasteiger partial charge < -0.3 is 20.7 Å². The normalized spacial score (nSPS) is 25.1. The lowest BCUT2D eigenvalue weighted by atomic mass is 10.1. The van der Waals surface area contributed by atoms with E-state index in [0.717, 1.165) is 10.8 Å². The van der Waals surface area contributed by atoms with Gasteiger partial charge in [0.1, 0.15) is 18.2 Å². The summed E-state index contributed by atoms with van der Waals surface area (Å²) in [6.07, 6.45) is -7.40. The second kappa shape index (κ2) is 6.52. The van der Waals surface area contributed by atoms with E-state index < -0.39 is 43.0 Å². The number of imidazole rings is 1. The number of aliphatic hydroxyl groups excluding tert-OH is 2. The molecule has 1 aliphatic rings. The molecule has 1 unspecified atom stereocenters. The number of nitrogens with two attached hydrogens (primary N) is 1. The first-order valence-electron chi connectivity index (χ1n) is 7.94. The molecular weight excluding hydrogens is 359 g/mol. The van der Waals surface area contributed by atoms with Gasteiger partial charge in [-0.1, -0.05) is 6.92 Å². The molecule has 12 heteroatoms. The zero-order valence-corrected chi connectivity index (χ0v) is 13.7. The minimum atomic E-state index is -4.65. The molecule has 3 heterocycles. The van der Waals surface area contributed by atoms with Crippen molar-refractivity contribution in [3.05, 3.63) is 16.7 Å². The third-order valence-corrected chi connectivity index (χ3v) is 4.28. The monoisotopic (exact) mass is 377 g/mol. The Labute approximate surface area is 144 Å². The number of rotatable bonds is 4. The first kappa shape index (κ1) is 18.6. The molecule has 26 heavy (non-hydrogen) atoms. The van der Waals surface area contributed by atoms with Crippen LogP contribution in [-0.4, -0.2) is 53.8 Å². The van der Waals surface area contributed by atoms with E-state index >= 15 is 0 Å². The number of nitrogen functional groups attached to an aromatic ring is 1. The Morgan fingerprint density at radius 3 is 2.81 bits per heavy atom. The highest BCUT2D eigenvalue weighted by Gasteiger charge is 2.41. The highest BCUT2D eigenvalue weighted by Crippen LogP contribution is 2.32. The van der Waals surface area contributed by atoms with E-state index in [0.29, 0.717) is 11.0 Å². The van der Waals surface area contributed by atoms with Crippen molar-refractivity contribution < 1.29 is 28.1 Å². The smallest absolute Gasteiger partial charge is 0.390 e. The van der Waals surface area contributed by atoms with Crippen LogP contribution in [0.25, 0.3) is 11.2 Å². The minimum absolute atomic E-state index is 0.0264. The number of hydrogen-bond donors (Lipinski definition) is 3. The van der Waals surface area contributed by atoms with Crippen molar-refractivity contribution in [1.82, 2.24) is 19.1 Å². The fourth-order valence-electron chi connectivity index (χ4n) is 3.06. The number of ether oxygens (including phenoxy) is 1. The third kappa shape index (κ3) is 3.27. The zero-order chi connectivity index (χ0) is 19.2. The summed E-state index contributed by atoms with van der Waals surface area (Å²) in [5, 5.41) is 20.2. The van der Waals surface area contributed by atoms with E-state index in [1.807, 2.05) is 0 Å². The Kier molecular flexibility index (Phi) is 4.67. The third-order valence-electron chi connectivity index (χ3n) is 4.28. The van der Waals surface area contributed by atoms with Crippen LogP contribution in [0.3, 0.4) is 0 Å². The van der Waals surface area contributed by atoms with Gasteiger partial charge in [-0.05, 0) is 6.42 Å². The van der Waals surface area contributed by atoms with Crippen molar-refractivity contribution in [2.45, 2.75) is 57.0 Å². The Morgan fingerprint density at radius 2 is 2.19 bits per heavy atom. The molecule has 9 nitrogen and oxygen atoms in total. The molecule has 0 radical (unpaired) electrons. The molecule has 1 fully saturated rings. The maximum absolute atomic E-state index is 12.9. The number of nitrogens with zero attached hydrogens (tertiary/aromatic N) is 4. The largest absolute Gasteiger partial charge is 0.406 e. The van der Waals surface area contributed by atoms with Crippen LogP contribution in [0.15, 0.2) is 11.0 Å². The maximum Gasteiger partial charge on any atom is 0.406 e.